The quantitative estimate of drug-likeness (QED) is 0.788. The molecule has 0 unspecified atom stereocenters. The summed E-state index contributed by atoms with van der Waals surface area (Å²) in [6.07, 6.45) is 3.89. The molecular formula is C13H13NO3. The standard InChI is InChI=1S/C13H13NO3/c1-14-11-5-2-9(3-7-13(16)17)8-10(11)4-6-12(14)15/h2-3,5,7-8H,4,6H2,1H3,(H,16,17)/b7-3+. The van der Waals surface area contributed by atoms with Crippen LogP contribution < -0.4 is 4.90 Å². The Balaban J connectivity index is 2.32. The Kier molecular flexibility index (Phi) is 2.95. The lowest BCUT2D eigenvalue weighted by Gasteiger charge is -2.25. The summed E-state index contributed by atoms with van der Waals surface area (Å²) in [5.41, 5.74) is 2.84. The van der Waals surface area contributed by atoms with Crippen LogP contribution in [0.5, 0.6) is 0 Å². The molecule has 1 aromatic carbocycles. The summed E-state index contributed by atoms with van der Waals surface area (Å²) in [6.45, 7) is 0. The highest BCUT2D eigenvalue weighted by Gasteiger charge is 2.20. The molecule has 0 saturated carbocycles. The van der Waals surface area contributed by atoms with Gasteiger partial charge in [0.1, 0.15) is 0 Å². The predicted octanol–water partition coefficient (Wildman–Crippen LogP) is 1.69. The summed E-state index contributed by atoms with van der Waals surface area (Å²) in [4.78, 5) is 23.6. The van der Waals surface area contributed by atoms with Gasteiger partial charge < -0.3 is 10.0 Å². The molecule has 1 N–H and O–H groups in total. The number of anilines is 1. The third-order valence-electron chi connectivity index (χ3n) is 2.87. The summed E-state index contributed by atoms with van der Waals surface area (Å²) in [7, 11) is 1.76. The maximum absolute atomic E-state index is 11.5. The number of rotatable bonds is 2. The second-order valence-electron chi connectivity index (χ2n) is 4.01. The fourth-order valence-electron chi connectivity index (χ4n) is 1.95. The molecule has 1 aliphatic rings. The fourth-order valence-corrected chi connectivity index (χ4v) is 1.95. The predicted molar refractivity (Wildman–Crippen MR) is 64.8 cm³/mol. The van der Waals surface area contributed by atoms with Crippen molar-refractivity contribution in [2.24, 2.45) is 0 Å². The van der Waals surface area contributed by atoms with Crippen LogP contribution in [0.15, 0.2) is 24.3 Å². The molecule has 4 nitrogen and oxygen atoms in total. The van der Waals surface area contributed by atoms with E-state index in [1.165, 1.54) is 0 Å². The van der Waals surface area contributed by atoms with E-state index in [4.69, 9.17) is 5.11 Å². The van der Waals surface area contributed by atoms with Crippen LogP contribution in [-0.2, 0) is 16.0 Å². The molecule has 0 bridgehead atoms. The van der Waals surface area contributed by atoms with E-state index in [1.807, 2.05) is 18.2 Å². The number of carbonyl (C=O) groups is 2. The maximum Gasteiger partial charge on any atom is 0.328 e. The summed E-state index contributed by atoms with van der Waals surface area (Å²) >= 11 is 0. The highest BCUT2D eigenvalue weighted by atomic mass is 16.4. The van der Waals surface area contributed by atoms with Crippen molar-refractivity contribution >= 4 is 23.6 Å². The first kappa shape index (κ1) is 11.4. The van der Waals surface area contributed by atoms with Crippen LogP contribution in [0, 0.1) is 0 Å². The van der Waals surface area contributed by atoms with E-state index in [2.05, 4.69) is 0 Å². The van der Waals surface area contributed by atoms with E-state index in [1.54, 1.807) is 18.0 Å². The molecule has 1 aromatic rings. The SMILES string of the molecule is CN1C(=O)CCc2cc(/C=C/C(=O)O)ccc21. The Hall–Kier alpha value is -2.10. The molecule has 0 saturated heterocycles. The highest BCUT2D eigenvalue weighted by molar-refractivity contribution is 5.96. The average molecular weight is 231 g/mol. The van der Waals surface area contributed by atoms with Crippen molar-refractivity contribution < 1.29 is 14.7 Å². The monoisotopic (exact) mass is 231 g/mol. The molecule has 1 amide bonds. The molecule has 0 atom stereocenters. The Morgan fingerprint density at radius 1 is 1.41 bits per heavy atom. The van der Waals surface area contributed by atoms with Gasteiger partial charge in [0.15, 0.2) is 0 Å². The number of nitrogens with zero attached hydrogens (tertiary/aromatic N) is 1. The van der Waals surface area contributed by atoms with Gasteiger partial charge in [-0.2, -0.15) is 0 Å². The average Bonchev–Trinajstić information content (AvgIpc) is 2.31. The number of carboxylic acids is 1. The lowest BCUT2D eigenvalue weighted by atomic mass is 9.99. The van der Waals surface area contributed by atoms with Crippen LogP contribution in [0.3, 0.4) is 0 Å². The molecule has 17 heavy (non-hydrogen) atoms. The summed E-state index contributed by atoms with van der Waals surface area (Å²) in [5.74, 6) is -0.846. The fraction of sp³-hybridized carbons (Fsp3) is 0.231. The number of fused-ring (bicyclic) bond motifs is 1. The molecule has 1 aliphatic heterocycles. The third-order valence-corrected chi connectivity index (χ3v) is 2.87. The van der Waals surface area contributed by atoms with Crippen LogP contribution in [-0.4, -0.2) is 24.0 Å². The van der Waals surface area contributed by atoms with Gasteiger partial charge in [-0.05, 0) is 35.8 Å². The van der Waals surface area contributed by atoms with Gasteiger partial charge in [0.2, 0.25) is 5.91 Å². The van der Waals surface area contributed by atoms with Gasteiger partial charge in [0.05, 0.1) is 0 Å². The van der Waals surface area contributed by atoms with Gasteiger partial charge in [-0.1, -0.05) is 6.07 Å². The minimum absolute atomic E-state index is 0.117. The zero-order chi connectivity index (χ0) is 12.4. The van der Waals surface area contributed by atoms with Crippen molar-refractivity contribution in [3.05, 3.63) is 35.4 Å². The largest absolute Gasteiger partial charge is 0.478 e. The van der Waals surface area contributed by atoms with E-state index in [0.717, 1.165) is 22.9 Å². The highest BCUT2D eigenvalue weighted by Crippen LogP contribution is 2.27. The van der Waals surface area contributed by atoms with Crippen LogP contribution in [0.2, 0.25) is 0 Å². The van der Waals surface area contributed by atoms with Crippen molar-refractivity contribution in [1.29, 1.82) is 0 Å². The molecule has 0 radical (unpaired) electrons. The Bertz CT molecular complexity index is 505. The smallest absolute Gasteiger partial charge is 0.328 e. The van der Waals surface area contributed by atoms with Gasteiger partial charge >= 0.3 is 5.97 Å². The van der Waals surface area contributed by atoms with Gasteiger partial charge in [-0.3, -0.25) is 4.79 Å². The maximum atomic E-state index is 11.5. The number of carbonyl (C=O) groups excluding carboxylic acids is 1. The Labute approximate surface area is 99.2 Å². The van der Waals surface area contributed by atoms with E-state index >= 15 is 0 Å². The van der Waals surface area contributed by atoms with Crippen molar-refractivity contribution in [1.82, 2.24) is 0 Å². The van der Waals surface area contributed by atoms with E-state index in [9.17, 15) is 9.59 Å². The molecule has 0 aliphatic carbocycles. The van der Waals surface area contributed by atoms with Crippen LogP contribution in [0.4, 0.5) is 5.69 Å². The molecular weight excluding hydrogens is 218 g/mol. The Morgan fingerprint density at radius 3 is 2.88 bits per heavy atom. The first-order valence-corrected chi connectivity index (χ1v) is 5.38. The lowest BCUT2D eigenvalue weighted by molar-refractivity contribution is -0.131. The molecule has 1 heterocycles. The minimum atomic E-state index is -0.963. The molecule has 0 spiro atoms. The van der Waals surface area contributed by atoms with E-state index < -0.39 is 5.97 Å². The molecule has 88 valence electrons. The zero-order valence-corrected chi connectivity index (χ0v) is 9.51. The summed E-state index contributed by atoms with van der Waals surface area (Å²) in [5, 5.41) is 8.55. The van der Waals surface area contributed by atoms with E-state index in [0.29, 0.717) is 12.8 Å². The van der Waals surface area contributed by atoms with E-state index in [-0.39, 0.29) is 5.91 Å². The van der Waals surface area contributed by atoms with Crippen molar-refractivity contribution in [2.45, 2.75) is 12.8 Å². The summed E-state index contributed by atoms with van der Waals surface area (Å²) < 4.78 is 0. The number of hydrogen-bond donors (Lipinski definition) is 1. The second-order valence-corrected chi connectivity index (χ2v) is 4.01. The van der Waals surface area contributed by atoms with Gasteiger partial charge in [0.25, 0.3) is 0 Å². The molecule has 0 aromatic heterocycles. The second kappa shape index (κ2) is 4.41. The van der Waals surface area contributed by atoms with Crippen molar-refractivity contribution in [3.63, 3.8) is 0 Å². The third kappa shape index (κ3) is 2.36. The minimum Gasteiger partial charge on any atom is -0.478 e. The number of benzene rings is 1. The first-order chi connectivity index (χ1) is 8.08. The number of aliphatic carboxylic acids is 1. The topological polar surface area (TPSA) is 57.6 Å². The van der Waals surface area contributed by atoms with Gasteiger partial charge in [0, 0.05) is 25.2 Å². The number of carboxylic acid groups (broad SMARTS) is 1. The molecule has 2 rings (SSSR count). The lowest BCUT2D eigenvalue weighted by Crippen LogP contribution is -2.31. The number of hydrogen-bond acceptors (Lipinski definition) is 2. The van der Waals surface area contributed by atoms with Crippen LogP contribution in [0.25, 0.3) is 6.08 Å². The van der Waals surface area contributed by atoms with Crippen LogP contribution >= 0.6 is 0 Å². The van der Waals surface area contributed by atoms with Crippen LogP contribution in [0.1, 0.15) is 17.5 Å². The summed E-state index contributed by atoms with van der Waals surface area (Å²) in [6, 6.07) is 5.60. The van der Waals surface area contributed by atoms with Gasteiger partial charge in [-0.15, -0.1) is 0 Å². The number of amides is 1. The number of aryl methyl sites for hydroxylation is 1. The molecule has 0 fully saturated rings. The Morgan fingerprint density at radius 2 is 2.18 bits per heavy atom. The van der Waals surface area contributed by atoms with Crippen molar-refractivity contribution in [3.8, 4) is 0 Å². The van der Waals surface area contributed by atoms with Crippen molar-refractivity contribution in [2.75, 3.05) is 11.9 Å². The van der Waals surface area contributed by atoms with Gasteiger partial charge in [-0.25, -0.2) is 4.79 Å². The normalized spacial score (nSPS) is 15.1. The molecule has 4 heteroatoms. The zero-order valence-electron chi connectivity index (χ0n) is 9.51. The first-order valence-electron chi connectivity index (χ1n) is 5.38.